The number of hydrogen-bond acceptors (Lipinski definition) is 3. The average molecular weight is 497 g/mol. The fourth-order valence-electron chi connectivity index (χ4n) is 4.52. The SMILES string of the molecule is CC(C)(O)C(C)(C)[B]c1cccc(C2C=C(c3ccccc3)NC(c3ccc(-c4ccccc4)cc3)=N2)c1. The van der Waals surface area contributed by atoms with Crippen molar-refractivity contribution in [3.63, 3.8) is 0 Å². The van der Waals surface area contributed by atoms with Crippen molar-refractivity contribution >= 4 is 24.3 Å². The highest BCUT2D eigenvalue weighted by atomic mass is 16.3. The number of amidine groups is 1. The van der Waals surface area contributed by atoms with E-state index in [9.17, 15) is 5.11 Å². The summed E-state index contributed by atoms with van der Waals surface area (Å²) in [5, 5.41) is 13.9. The second kappa shape index (κ2) is 10.5. The summed E-state index contributed by atoms with van der Waals surface area (Å²) in [4.78, 5) is 5.15. The van der Waals surface area contributed by atoms with Gasteiger partial charge in [0.05, 0.1) is 11.6 Å². The Kier molecular flexibility index (Phi) is 7.10. The van der Waals surface area contributed by atoms with Crippen molar-refractivity contribution in [2.75, 3.05) is 0 Å². The molecule has 1 aliphatic rings. The van der Waals surface area contributed by atoms with Crippen molar-refractivity contribution in [1.82, 2.24) is 5.32 Å². The molecule has 2 N–H and O–H groups in total. The van der Waals surface area contributed by atoms with Crippen LogP contribution in [0.2, 0.25) is 5.31 Å². The average Bonchev–Trinajstić information content (AvgIpc) is 2.93. The van der Waals surface area contributed by atoms with Gasteiger partial charge in [0.25, 0.3) is 0 Å². The third kappa shape index (κ3) is 5.66. The van der Waals surface area contributed by atoms with Crippen molar-refractivity contribution in [1.29, 1.82) is 0 Å². The highest BCUT2D eigenvalue weighted by molar-refractivity contribution is 6.57. The maximum atomic E-state index is 10.7. The van der Waals surface area contributed by atoms with E-state index in [1.165, 1.54) is 11.1 Å². The third-order valence-corrected chi connectivity index (χ3v) is 7.55. The Morgan fingerprint density at radius 1 is 0.684 bits per heavy atom. The van der Waals surface area contributed by atoms with Gasteiger partial charge in [-0.1, -0.05) is 129 Å². The summed E-state index contributed by atoms with van der Waals surface area (Å²) >= 11 is 0. The summed E-state index contributed by atoms with van der Waals surface area (Å²) in [5.41, 5.74) is 6.93. The highest BCUT2D eigenvalue weighted by Gasteiger charge is 2.35. The van der Waals surface area contributed by atoms with Crippen LogP contribution in [0.1, 0.15) is 50.4 Å². The smallest absolute Gasteiger partial charge is 0.161 e. The lowest BCUT2D eigenvalue weighted by molar-refractivity contribution is 0.0410. The lowest BCUT2D eigenvalue weighted by Gasteiger charge is -2.37. The molecule has 0 spiro atoms. The summed E-state index contributed by atoms with van der Waals surface area (Å²) in [6.45, 7) is 7.84. The zero-order chi connectivity index (χ0) is 26.8. The molecule has 4 aromatic carbocycles. The molecule has 1 radical (unpaired) electrons. The van der Waals surface area contributed by atoms with E-state index in [-0.39, 0.29) is 11.4 Å². The minimum Gasteiger partial charge on any atom is -0.391 e. The van der Waals surface area contributed by atoms with E-state index in [4.69, 9.17) is 4.99 Å². The molecule has 0 aliphatic carbocycles. The first-order chi connectivity index (χ1) is 18.2. The van der Waals surface area contributed by atoms with Gasteiger partial charge < -0.3 is 10.4 Å². The Balaban J connectivity index is 1.50. The van der Waals surface area contributed by atoms with Crippen LogP contribution < -0.4 is 10.8 Å². The van der Waals surface area contributed by atoms with Gasteiger partial charge in [-0.25, -0.2) is 0 Å². The van der Waals surface area contributed by atoms with E-state index in [1.54, 1.807) is 0 Å². The van der Waals surface area contributed by atoms with E-state index in [2.05, 4.69) is 130 Å². The molecule has 4 heteroatoms. The van der Waals surface area contributed by atoms with Crippen LogP contribution in [-0.2, 0) is 0 Å². The third-order valence-electron chi connectivity index (χ3n) is 7.55. The predicted octanol–water partition coefficient (Wildman–Crippen LogP) is 6.78. The van der Waals surface area contributed by atoms with E-state index in [0.717, 1.165) is 33.7 Å². The van der Waals surface area contributed by atoms with Crippen LogP contribution in [0.15, 0.2) is 120 Å². The molecule has 0 bridgehead atoms. The topological polar surface area (TPSA) is 44.6 Å². The minimum atomic E-state index is -0.838. The Morgan fingerprint density at radius 2 is 1.26 bits per heavy atom. The second-order valence-electron chi connectivity index (χ2n) is 11.0. The molecule has 1 aliphatic heterocycles. The molecule has 3 nitrogen and oxygen atoms in total. The maximum Gasteiger partial charge on any atom is 0.161 e. The number of benzene rings is 4. The standard InChI is InChI=1S/C34H34BN2O/c1-33(2,34(3,4)38)35-29-17-11-16-28(22-29)31-23-30(26-14-9-6-10-15-26)36-32(37-31)27-20-18-25(19-21-27)24-12-7-5-8-13-24/h5-23,31,38H,1-4H3,(H,36,37). The number of aliphatic hydroxyl groups is 1. The minimum absolute atomic E-state index is 0.145. The Morgan fingerprint density at radius 3 is 1.89 bits per heavy atom. The van der Waals surface area contributed by atoms with Gasteiger partial charge in [0, 0.05) is 11.3 Å². The van der Waals surface area contributed by atoms with Crippen LogP contribution >= 0.6 is 0 Å². The van der Waals surface area contributed by atoms with Gasteiger partial charge >= 0.3 is 0 Å². The van der Waals surface area contributed by atoms with Gasteiger partial charge in [-0.15, -0.1) is 0 Å². The first-order valence-corrected chi connectivity index (χ1v) is 13.2. The molecular weight excluding hydrogens is 463 g/mol. The van der Waals surface area contributed by atoms with Crippen LogP contribution in [-0.4, -0.2) is 23.8 Å². The zero-order valence-corrected chi connectivity index (χ0v) is 22.5. The first kappa shape index (κ1) is 25.8. The zero-order valence-electron chi connectivity index (χ0n) is 22.5. The van der Waals surface area contributed by atoms with Gasteiger partial charge in [0.15, 0.2) is 7.28 Å². The predicted molar refractivity (Wildman–Crippen MR) is 161 cm³/mol. The van der Waals surface area contributed by atoms with Crippen LogP contribution in [0.5, 0.6) is 0 Å². The number of rotatable bonds is 7. The largest absolute Gasteiger partial charge is 0.391 e. The van der Waals surface area contributed by atoms with Crippen molar-refractivity contribution in [3.05, 3.63) is 132 Å². The first-order valence-electron chi connectivity index (χ1n) is 13.2. The van der Waals surface area contributed by atoms with Gasteiger partial charge in [0.2, 0.25) is 0 Å². The summed E-state index contributed by atoms with van der Waals surface area (Å²) in [7, 11) is 2.15. The van der Waals surface area contributed by atoms with Crippen molar-refractivity contribution in [2.45, 2.75) is 44.7 Å². The van der Waals surface area contributed by atoms with Gasteiger partial charge in [0.1, 0.15) is 5.84 Å². The monoisotopic (exact) mass is 497 g/mol. The fraction of sp³-hybridized carbons (Fsp3) is 0.206. The lowest BCUT2D eigenvalue weighted by atomic mass is 9.45. The van der Waals surface area contributed by atoms with Crippen LogP contribution in [0.3, 0.4) is 0 Å². The fourth-order valence-corrected chi connectivity index (χ4v) is 4.52. The van der Waals surface area contributed by atoms with E-state index < -0.39 is 5.60 Å². The van der Waals surface area contributed by atoms with Crippen LogP contribution in [0.25, 0.3) is 16.8 Å². The van der Waals surface area contributed by atoms with Gasteiger partial charge in [-0.2, -0.15) is 0 Å². The molecule has 1 heterocycles. The van der Waals surface area contributed by atoms with Crippen molar-refractivity contribution < 1.29 is 5.11 Å². The molecule has 1 atom stereocenters. The summed E-state index contributed by atoms with van der Waals surface area (Å²) in [6, 6.07) is 37.7. The normalized spacial score (nSPS) is 15.8. The van der Waals surface area contributed by atoms with E-state index >= 15 is 0 Å². The molecule has 0 fully saturated rings. The molecule has 4 aromatic rings. The summed E-state index contributed by atoms with van der Waals surface area (Å²) in [5.74, 6) is 0.849. The number of nitrogens with zero attached hydrogens (tertiary/aromatic N) is 1. The van der Waals surface area contributed by atoms with Crippen LogP contribution in [0.4, 0.5) is 0 Å². The number of aliphatic imine (C=N–C) groups is 1. The number of nitrogens with one attached hydrogen (secondary N) is 1. The van der Waals surface area contributed by atoms with Crippen molar-refractivity contribution in [2.24, 2.45) is 4.99 Å². The summed E-state index contributed by atoms with van der Waals surface area (Å²) in [6.07, 6.45) is 2.19. The molecule has 1 unspecified atom stereocenters. The van der Waals surface area contributed by atoms with E-state index in [0.29, 0.717) is 0 Å². The van der Waals surface area contributed by atoms with Crippen molar-refractivity contribution in [3.8, 4) is 11.1 Å². The molecule has 0 saturated heterocycles. The highest BCUT2D eigenvalue weighted by Crippen LogP contribution is 2.36. The van der Waals surface area contributed by atoms with Gasteiger partial charge in [-0.05, 0) is 47.5 Å². The molecule has 5 rings (SSSR count). The summed E-state index contributed by atoms with van der Waals surface area (Å²) < 4.78 is 0. The Labute approximate surface area is 227 Å². The molecular formula is C34H34BN2O. The number of hydrogen-bond donors (Lipinski definition) is 2. The lowest BCUT2D eigenvalue weighted by Crippen LogP contribution is -2.41. The van der Waals surface area contributed by atoms with Gasteiger partial charge in [-0.3, -0.25) is 4.99 Å². The second-order valence-corrected chi connectivity index (χ2v) is 11.0. The molecule has 38 heavy (non-hydrogen) atoms. The molecule has 0 saturated carbocycles. The molecule has 0 aromatic heterocycles. The quantitative estimate of drug-likeness (QED) is 0.276. The maximum absolute atomic E-state index is 10.7. The van der Waals surface area contributed by atoms with E-state index in [1.807, 2.05) is 26.0 Å². The Bertz CT molecular complexity index is 1450. The van der Waals surface area contributed by atoms with Crippen LogP contribution in [0, 0.1) is 0 Å². The molecule has 189 valence electrons. The molecule has 0 amide bonds. The Hall–Kier alpha value is -3.89.